The molecule has 2 rings (SSSR count). The molecule has 6 nitrogen and oxygen atoms in total. The summed E-state index contributed by atoms with van der Waals surface area (Å²) in [5, 5.41) is 5.52. The molecule has 1 aliphatic carbocycles. The molecule has 0 heterocycles. The lowest BCUT2D eigenvalue weighted by molar-refractivity contribution is -0.122. The molecule has 1 fully saturated rings. The third-order valence-electron chi connectivity index (χ3n) is 3.69. The van der Waals surface area contributed by atoms with Gasteiger partial charge in [-0.15, -0.1) is 0 Å². The Bertz CT molecular complexity index is 574. The molecule has 1 saturated carbocycles. The molecule has 132 valence electrons. The minimum atomic E-state index is -0.534. The summed E-state index contributed by atoms with van der Waals surface area (Å²) in [6.45, 7) is 5.86. The SMILES string of the molecule is CC(C)(C)OC(=O)Nc1ccc(CNC(=O)[C@@H](N)CC2CC2)cc1. The molecule has 2 amide bonds. The summed E-state index contributed by atoms with van der Waals surface area (Å²) in [6, 6.07) is 6.81. The molecule has 24 heavy (non-hydrogen) atoms. The molecule has 0 aromatic heterocycles. The fourth-order valence-corrected chi connectivity index (χ4v) is 2.27. The Hall–Kier alpha value is -2.08. The number of nitrogens with two attached hydrogens (primary N) is 1. The van der Waals surface area contributed by atoms with Crippen LogP contribution >= 0.6 is 0 Å². The van der Waals surface area contributed by atoms with Gasteiger partial charge in [0, 0.05) is 12.2 Å². The minimum absolute atomic E-state index is 0.113. The number of nitrogens with one attached hydrogen (secondary N) is 2. The lowest BCUT2D eigenvalue weighted by Crippen LogP contribution is -2.40. The van der Waals surface area contributed by atoms with E-state index in [4.69, 9.17) is 10.5 Å². The minimum Gasteiger partial charge on any atom is -0.444 e. The summed E-state index contributed by atoms with van der Waals surface area (Å²) < 4.78 is 5.19. The van der Waals surface area contributed by atoms with Gasteiger partial charge in [-0.2, -0.15) is 0 Å². The van der Waals surface area contributed by atoms with Crippen LogP contribution in [0.1, 0.15) is 45.6 Å². The zero-order chi connectivity index (χ0) is 17.7. The van der Waals surface area contributed by atoms with Gasteiger partial charge in [0.1, 0.15) is 5.60 Å². The van der Waals surface area contributed by atoms with Crippen LogP contribution < -0.4 is 16.4 Å². The highest BCUT2D eigenvalue weighted by molar-refractivity contribution is 5.85. The van der Waals surface area contributed by atoms with Gasteiger partial charge in [-0.3, -0.25) is 10.1 Å². The Morgan fingerprint density at radius 3 is 2.42 bits per heavy atom. The number of carbonyl (C=O) groups is 2. The van der Waals surface area contributed by atoms with Crippen LogP contribution in [-0.4, -0.2) is 23.6 Å². The van der Waals surface area contributed by atoms with Crippen molar-refractivity contribution in [2.75, 3.05) is 5.32 Å². The predicted molar refractivity (Wildman–Crippen MR) is 93.5 cm³/mol. The molecule has 1 aromatic carbocycles. The number of amides is 2. The van der Waals surface area contributed by atoms with Crippen molar-refractivity contribution < 1.29 is 14.3 Å². The van der Waals surface area contributed by atoms with Crippen molar-refractivity contribution in [3.05, 3.63) is 29.8 Å². The standard InChI is InChI=1S/C18H27N3O3/c1-18(2,3)24-17(23)21-14-8-6-13(7-9-14)11-20-16(22)15(19)10-12-4-5-12/h6-9,12,15H,4-5,10-11,19H2,1-3H3,(H,20,22)(H,21,23)/t15-/m0/s1. The monoisotopic (exact) mass is 333 g/mol. The number of carbonyl (C=O) groups excluding carboxylic acids is 2. The van der Waals surface area contributed by atoms with Gasteiger partial charge in [-0.05, 0) is 50.8 Å². The molecule has 1 aromatic rings. The highest BCUT2D eigenvalue weighted by atomic mass is 16.6. The van der Waals surface area contributed by atoms with Crippen LogP contribution in [0.2, 0.25) is 0 Å². The molecule has 0 spiro atoms. The van der Waals surface area contributed by atoms with Crippen LogP contribution in [0.25, 0.3) is 0 Å². The molecule has 0 unspecified atom stereocenters. The summed E-state index contributed by atoms with van der Waals surface area (Å²) >= 11 is 0. The molecule has 4 N–H and O–H groups in total. The Morgan fingerprint density at radius 1 is 1.25 bits per heavy atom. The largest absolute Gasteiger partial charge is 0.444 e. The number of anilines is 1. The van der Waals surface area contributed by atoms with Crippen LogP contribution in [0, 0.1) is 5.92 Å². The van der Waals surface area contributed by atoms with E-state index in [2.05, 4.69) is 10.6 Å². The van der Waals surface area contributed by atoms with Crippen molar-refractivity contribution in [1.29, 1.82) is 0 Å². The molecule has 0 bridgehead atoms. The van der Waals surface area contributed by atoms with Gasteiger partial charge >= 0.3 is 6.09 Å². The molecular formula is C18H27N3O3. The number of hydrogen-bond acceptors (Lipinski definition) is 4. The van der Waals surface area contributed by atoms with E-state index < -0.39 is 17.7 Å². The number of ether oxygens (including phenoxy) is 1. The summed E-state index contributed by atoms with van der Waals surface area (Å²) in [6.07, 6.45) is 2.65. The van der Waals surface area contributed by atoms with Crippen LogP contribution in [-0.2, 0) is 16.1 Å². The normalized spacial score (nSPS) is 15.5. The van der Waals surface area contributed by atoms with Crippen LogP contribution in [0.3, 0.4) is 0 Å². The summed E-state index contributed by atoms with van der Waals surface area (Å²) in [5.41, 5.74) is 6.93. The van der Waals surface area contributed by atoms with Crippen molar-refractivity contribution >= 4 is 17.7 Å². The fraction of sp³-hybridized carbons (Fsp3) is 0.556. The summed E-state index contributed by atoms with van der Waals surface area (Å²) in [5.74, 6) is 0.516. The van der Waals surface area contributed by atoms with E-state index in [1.807, 2.05) is 32.9 Å². The second-order valence-electron chi connectivity index (χ2n) is 7.33. The van der Waals surface area contributed by atoms with Crippen molar-refractivity contribution in [3.63, 3.8) is 0 Å². The van der Waals surface area contributed by atoms with Crippen molar-refractivity contribution in [3.8, 4) is 0 Å². The highest BCUT2D eigenvalue weighted by Crippen LogP contribution is 2.33. The second kappa shape index (κ2) is 7.66. The first-order valence-electron chi connectivity index (χ1n) is 8.35. The number of rotatable bonds is 6. The molecule has 1 atom stereocenters. The quantitative estimate of drug-likeness (QED) is 0.746. The van der Waals surface area contributed by atoms with E-state index >= 15 is 0 Å². The molecule has 0 radical (unpaired) electrons. The van der Waals surface area contributed by atoms with E-state index in [1.54, 1.807) is 12.1 Å². The highest BCUT2D eigenvalue weighted by Gasteiger charge is 2.26. The Kier molecular flexibility index (Phi) is 5.83. The summed E-state index contributed by atoms with van der Waals surface area (Å²) in [4.78, 5) is 23.6. The van der Waals surface area contributed by atoms with E-state index in [1.165, 1.54) is 12.8 Å². The first-order chi connectivity index (χ1) is 11.2. The van der Waals surface area contributed by atoms with Crippen molar-refractivity contribution in [2.24, 2.45) is 11.7 Å². The Balaban J connectivity index is 1.77. The van der Waals surface area contributed by atoms with E-state index in [9.17, 15) is 9.59 Å². The zero-order valence-corrected chi connectivity index (χ0v) is 14.6. The van der Waals surface area contributed by atoms with Crippen molar-refractivity contribution in [2.45, 2.75) is 58.2 Å². The van der Waals surface area contributed by atoms with Crippen molar-refractivity contribution in [1.82, 2.24) is 5.32 Å². The molecule has 1 aliphatic rings. The maximum atomic E-state index is 11.9. The fourth-order valence-electron chi connectivity index (χ4n) is 2.27. The van der Waals surface area contributed by atoms with Gasteiger partial charge in [-0.1, -0.05) is 25.0 Å². The first-order valence-corrected chi connectivity index (χ1v) is 8.35. The third kappa shape index (κ3) is 6.58. The third-order valence-corrected chi connectivity index (χ3v) is 3.69. The lowest BCUT2D eigenvalue weighted by atomic mass is 10.1. The maximum Gasteiger partial charge on any atom is 0.412 e. The predicted octanol–water partition coefficient (Wildman–Crippen LogP) is 2.78. The first kappa shape index (κ1) is 18.3. The molecule has 6 heteroatoms. The van der Waals surface area contributed by atoms with Crippen LogP contribution in [0.15, 0.2) is 24.3 Å². The lowest BCUT2D eigenvalue weighted by Gasteiger charge is -2.19. The number of hydrogen-bond donors (Lipinski definition) is 3. The van der Waals surface area contributed by atoms with E-state index in [-0.39, 0.29) is 5.91 Å². The average Bonchev–Trinajstić information content (AvgIpc) is 3.28. The zero-order valence-electron chi connectivity index (χ0n) is 14.6. The Morgan fingerprint density at radius 2 is 1.88 bits per heavy atom. The smallest absolute Gasteiger partial charge is 0.412 e. The van der Waals surface area contributed by atoms with Crippen LogP contribution in [0.4, 0.5) is 10.5 Å². The second-order valence-corrected chi connectivity index (χ2v) is 7.33. The van der Waals surface area contributed by atoms with Gasteiger partial charge in [0.15, 0.2) is 0 Å². The van der Waals surface area contributed by atoms with Crippen LogP contribution in [0.5, 0.6) is 0 Å². The molecule has 0 saturated heterocycles. The van der Waals surface area contributed by atoms with E-state index in [0.29, 0.717) is 18.2 Å². The Labute approximate surface area is 143 Å². The topological polar surface area (TPSA) is 93.5 Å². The average molecular weight is 333 g/mol. The van der Waals surface area contributed by atoms with Gasteiger partial charge < -0.3 is 15.8 Å². The van der Waals surface area contributed by atoms with E-state index in [0.717, 1.165) is 12.0 Å². The van der Waals surface area contributed by atoms with Gasteiger partial charge in [0.25, 0.3) is 0 Å². The maximum absolute atomic E-state index is 11.9. The van der Waals surface area contributed by atoms with Gasteiger partial charge in [0.2, 0.25) is 5.91 Å². The van der Waals surface area contributed by atoms with Gasteiger partial charge in [0.05, 0.1) is 6.04 Å². The van der Waals surface area contributed by atoms with Gasteiger partial charge in [-0.25, -0.2) is 4.79 Å². The molecular weight excluding hydrogens is 306 g/mol. The summed E-state index contributed by atoms with van der Waals surface area (Å²) in [7, 11) is 0. The molecule has 0 aliphatic heterocycles. The number of benzene rings is 1.